The molecule has 0 unspecified atom stereocenters. The van der Waals surface area contributed by atoms with Gasteiger partial charge in [-0.05, 0) is 80.0 Å². The number of para-hydroxylation sites is 1. The minimum Gasteiger partial charge on any atom is -0.355 e. The van der Waals surface area contributed by atoms with E-state index in [0.717, 1.165) is 29.9 Å². The lowest BCUT2D eigenvalue weighted by Gasteiger charge is -2.33. The molecule has 0 bridgehead atoms. The van der Waals surface area contributed by atoms with Crippen LogP contribution in [-0.2, 0) is 10.0 Å². The number of aromatic nitrogens is 2. The zero-order valence-corrected chi connectivity index (χ0v) is 23.2. The molecule has 5 rings (SSSR count). The van der Waals surface area contributed by atoms with E-state index in [1.165, 1.54) is 18.3 Å². The fourth-order valence-corrected chi connectivity index (χ4v) is 6.88. The molecule has 0 saturated carbocycles. The van der Waals surface area contributed by atoms with Crippen molar-refractivity contribution < 1.29 is 17.6 Å². The van der Waals surface area contributed by atoms with Crippen LogP contribution in [-0.4, -0.2) is 41.7 Å². The van der Waals surface area contributed by atoms with Gasteiger partial charge in [-0.15, -0.1) is 0 Å². The molecule has 0 spiro atoms. The number of anilines is 3. The lowest BCUT2D eigenvalue weighted by atomic mass is 9.89. The molecule has 1 amide bonds. The maximum Gasteiger partial charge on any atom is 0.280 e. The normalized spacial score (nSPS) is 14.3. The minimum absolute atomic E-state index is 0.168. The third-order valence-electron chi connectivity index (χ3n) is 6.79. The molecule has 2 aromatic carbocycles. The molecule has 1 saturated heterocycles. The van der Waals surface area contributed by atoms with Gasteiger partial charge in [0, 0.05) is 30.5 Å². The number of carbonyl (C=O) groups excluding carboxylic acids is 1. The predicted molar refractivity (Wildman–Crippen MR) is 151 cm³/mol. The second-order valence-electron chi connectivity index (χ2n) is 9.52. The van der Waals surface area contributed by atoms with Crippen LogP contribution in [0.3, 0.4) is 0 Å². The van der Waals surface area contributed by atoms with Crippen LogP contribution in [0.1, 0.15) is 45.9 Å². The number of nitrogens with one attached hydrogen (secondary N) is 2. The highest BCUT2D eigenvalue weighted by atomic mass is 32.2. The second kappa shape index (κ2) is 11.1. The van der Waals surface area contributed by atoms with Gasteiger partial charge in [0.25, 0.3) is 15.9 Å². The van der Waals surface area contributed by atoms with Crippen molar-refractivity contribution in [3.05, 3.63) is 95.1 Å². The zero-order valence-electron chi connectivity index (χ0n) is 21.5. The average Bonchev–Trinajstić information content (AvgIpc) is 3.34. The summed E-state index contributed by atoms with van der Waals surface area (Å²) in [6.07, 6.45) is 2.82. The van der Waals surface area contributed by atoms with Gasteiger partial charge in [-0.2, -0.15) is 12.8 Å². The Morgan fingerprint density at radius 3 is 2.38 bits per heavy atom. The van der Waals surface area contributed by atoms with Crippen LogP contribution >= 0.6 is 11.5 Å². The fourth-order valence-electron chi connectivity index (χ4n) is 4.77. The first-order valence-electron chi connectivity index (χ1n) is 12.5. The van der Waals surface area contributed by atoms with E-state index in [-0.39, 0.29) is 22.7 Å². The molecule has 2 N–H and O–H groups in total. The highest BCUT2D eigenvalue weighted by Crippen LogP contribution is 2.33. The number of benzene rings is 2. The first kappa shape index (κ1) is 26.8. The van der Waals surface area contributed by atoms with Crippen LogP contribution in [0.2, 0.25) is 0 Å². The van der Waals surface area contributed by atoms with Gasteiger partial charge >= 0.3 is 0 Å². The van der Waals surface area contributed by atoms with Crippen molar-refractivity contribution in [2.45, 2.75) is 37.6 Å². The summed E-state index contributed by atoms with van der Waals surface area (Å²) in [6, 6.07) is 17.4. The first-order valence-corrected chi connectivity index (χ1v) is 14.8. The molecule has 1 aliphatic rings. The van der Waals surface area contributed by atoms with Crippen molar-refractivity contribution in [3.8, 4) is 0 Å². The fraction of sp³-hybridized carbons (Fsp3) is 0.250. The summed E-state index contributed by atoms with van der Waals surface area (Å²) in [5.41, 5.74) is 3.50. The number of pyridine rings is 1. The quantitative estimate of drug-likeness (QED) is 0.291. The molecule has 1 fully saturated rings. The Balaban J connectivity index is 1.43. The highest BCUT2D eigenvalue weighted by molar-refractivity contribution is 7.92. The second-order valence-corrected chi connectivity index (χ2v) is 11.9. The van der Waals surface area contributed by atoms with Crippen LogP contribution in [0.4, 0.5) is 20.8 Å². The summed E-state index contributed by atoms with van der Waals surface area (Å²) in [7, 11) is -4.04. The van der Waals surface area contributed by atoms with E-state index in [0.29, 0.717) is 46.3 Å². The maximum atomic E-state index is 13.7. The van der Waals surface area contributed by atoms with E-state index in [1.54, 1.807) is 36.9 Å². The number of sulfonamides is 1. The van der Waals surface area contributed by atoms with E-state index in [2.05, 4.69) is 19.4 Å². The largest absolute Gasteiger partial charge is 0.355 e. The monoisotopic (exact) mass is 565 g/mol. The van der Waals surface area contributed by atoms with Crippen molar-refractivity contribution in [2.24, 2.45) is 0 Å². The minimum atomic E-state index is -4.04. The first-order chi connectivity index (χ1) is 18.7. The molecular formula is C28H28FN5O3S2. The average molecular weight is 566 g/mol. The van der Waals surface area contributed by atoms with E-state index >= 15 is 0 Å². The number of piperidine rings is 1. The number of hydrogen-bond acceptors (Lipinski definition) is 7. The molecule has 0 aliphatic carbocycles. The molecular weight excluding hydrogens is 537 g/mol. The van der Waals surface area contributed by atoms with Crippen molar-refractivity contribution >= 4 is 43.8 Å². The molecule has 3 heterocycles. The van der Waals surface area contributed by atoms with E-state index in [1.807, 2.05) is 30.3 Å². The number of likely N-dealkylation sites (tertiary alicyclic amines) is 1. The topological polar surface area (TPSA) is 104 Å². The van der Waals surface area contributed by atoms with Crippen LogP contribution in [0.15, 0.2) is 71.9 Å². The SMILES string of the molecule is Cc1cc(NS(=O)(=O)c2ncc(C(=O)N3CCC(c4ccc(F)cc4)CC3)c(Nc3ccccc3)c2C)sn1. The van der Waals surface area contributed by atoms with Gasteiger partial charge < -0.3 is 10.2 Å². The van der Waals surface area contributed by atoms with E-state index in [9.17, 15) is 17.6 Å². The summed E-state index contributed by atoms with van der Waals surface area (Å²) in [5.74, 6) is -0.252. The summed E-state index contributed by atoms with van der Waals surface area (Å²) >= 11 is 1.05. The summed E-state index contributed by atoms with van der Waals surface area (Å²) in [4.78, 5) is 19.7. The Hall–Kier alpha value is -3.83. The predicted octanol–water partition coefficient (Wildman–Crippen LogP) is 5.86. The number of carbonyl (C=O) groups is 1. The number of rotatable bonds is 7. The lowest BCUT2D eigenvalue weighted by molar-refractivity contribution is 0.0713. The number of nitrogens with zero attached hydrogens (tertiary/aromatic N) is 3. The Labute approximate surface area is 231 Å². The van der Waals surface area contributed by atoms with Crippen LogP contribution in [0.25, 0.3) is 0 Å². The van der Waals surface area contributed by atoms with Gasteiger partial charge in [0.05, 0.1) is 16.9 Å². The van der Waals surface area contributed by atoms with Gasteiger partial charge in [-0.1, -0.05) is 30.3 Å². The smallest absolute Gasteiger partial charge is 0.280 e. The van der Waals surface area contributed by atoms with E-state index in [4.69, 9.17) is 0 Å². The van der Waals surface area contributed by atoms with Gasteiger partial charge in [0.15, 0.2) is 5.03 Å². The summed E-state index contributed by atoms with van der Waals surface area (Å²) in [5, 5.41) is 3.47. The van der Waals surface area contributed by atoms with Gasteiger partial charge in [0.2, 0.25) is 0 Å². The maximum absolute atomic E-state index is 13.7. The molecule has 2 aromatic heterocycles. The van der Waals surface area contributed by atoms with Crippen LogP contribution in [0.5, 0.6) is 0 Å². The van der Waals surface area contributed by atoms with Crippen LogP contribution < -0.4 is 10.0 Å². The van der Waals surface area contributed by atoms with E-state index < -0.39 is 10.0 Å². The highest BCUT2D eigenvalue weighted by Gasteiger charge is 2.30. The Bertz CT molecular complexity index is 1580. The Morgan fingerprint density at radius 1 is 1.05 bits per heavy atom. The number of aryl methyl sites for hydroxylation is 1. The Morgan fingerprint density at radius 2 is 1.74 bits per heavy atom. The standard InChI is InChI=1S/C28H28FN5O3S2/c1-18-16-25(38-32-18)33-39(36,37)27-19(2)26(31-23-6-4-3-5-7-23)24(17-30-27)28(35)34-14-12-21(13-15-34)20-8-10-22(29)11-9-20/h3-11,16-17,21,33H,12-15H2,1-2H3,(H,30,31). The van der Waals surface area contributed by atoms with Crippen molar-refractivity contribution in [1.82, 2.24) is 14.3 Å². The van der Waals surface area contributed by atoms with Gasteiger partial charge in [-0.25, -0.2) is 9.37 Å². The third-order valence-corrected chi connectivity index (χ3v) is 9.13. The molecule has 11 heteroatoms. The molecule has 0 atom stereocenters. The molecule has 202 valence electrons. The molecule has 0 radical (unpaired) electrons. The lowest BCUT2D eigenvalue weighted by Crippen LogP contribution is -2.38. The van der Waals surface area contributed by atoms with Gasteiger partial charge in [-0.3, -0.25) is 9.52 Å². The molecule has 8 nitrogen and oxygen atoms in total. The Kier molecular flexibility index (Phi) is 7.62. The van der Waals surface area contributed by atoms with Gasteiger partial charge in [0.1, 0.15) is 10.8 Å². The van der Waals surface area contributed by atoms with Crippen molar-refractivity contribution in [2.75, 3.05) is 23.1 Å². The third kappa shape index (κ3) is 5.94. The molecule has 39 heavy (non-hydrogen) atoms. The number of hydrogen-bond donors (Lipinski definition) is 2. The zero-order chi connectivity index (χ0) is 27.6. The van der Waals surface area contributed by atoms with Crippen molar-refractivity contribution in [3.63, 3.8) is 0 Å². The summed E-state index contributed by atoms with van der Waals surface area (Å²) < 4.78 is 46.5. The number of amides is 1. The molecule has 4 aromatic rings. The van der Waals surface area contributed by atoms with Crippen molar-refractivity contribution in [1.29, 1.82) is 0 Å². The number of halogens is 1. The molecule has 1 aliphatic heterocycles. The van der Waals surface area contributed by atoms with Crippen LogP contribution in [0, 0.1) is 19.7 Å². The summed E-state index contributed by atoms with van der Waals surface area (Å²) in [6.45, 7) is 4.47.